The Bertz CT molecular complexity index is 767. The van der Waals surface area contributed by atoms with Crippen molar-refractivity contribution in [3.05, 3.63) is 35.8 Å². The van der Waals surface area contributed by atoms with Crippen molar-refractivity contribution < 1.29 is 14.3 Å². The zero-order valence-electron chi connectivity index (χ0n) is 16.2. The molecule has 5 aliphatic rings. The molecule has 2 aliphatic heterocycles. The molecule has 0 amide bonds. The molecule has 4 nitrogen and oxygen atoms in total. The second kappa shape index (κ2) is 5.03. The van der Waals surface area contributed by atoms with Crippen LogP contribution in [0.25, 0.3) is 0 Å². The summed E-state index contributed by atoms with van der Waals surface area (Å²) in [4.78, 5) is 15.8. The highest BCUT2D eigenvalue weighted by Gasteiger charge is 2.79. The van der Waals surface area contributed by atoms with E-state index in [0.29, 0.717) is 12.0 Å². The first-order chi connectivity index (χ1) is 12.4. The van der Waals surface area contributed by atoms with Crippen molar-refractivity contribution in [1.29, 1.82) is 0 Å². The van der Waals surface area contributed by atoms with E-state index in [2.05, 4.69) is 44.0 Å². The Morgan fingerprint density at radius 3 is 2.92 bits per heavy atom. The Kier molecular flexibility index (Phi) is 3.22. The van der Waals surface area contributed by atoms with Crippen LogP contribution < -0.4 is 0 Å². The van der Waals surface area contributed by atoms with Crippen molar-refractivity contribution in [3.8, 4) is 0 Å². The highest BCUT2D eigenvalue weighted by Crippen LogP contribution is 2.75. The Hall–Kier alpha value is -1.55. The third-order valence-corrected chi connectivity index (χ3v) is 8.34. The molecule has 1 saturated carbocycles. The molecule has 26 heavy (non-hydrogen) atoms. The predicted octanol–water partition coefficient (Wildman–Crippen LogP) is 3.46. The summed E-state index contributed by atoms with van der Waals surface area (Å²) in [6.45, 7) is 5.36. The quantitative estimate of drug-likeness (QED) is 0.777. The lowest BCUT2D eigenvalue weighted by atomic mass is 9.37. The predicted molar refractivity (Wildman–Crippen MR) is 99.2 cm³/mol. The number of allylic oxidation sites excluding steroid dienone is 3. The minimum absolute atomic E-state index is 0.00957. The summed E-state index contributed by atoms with van der Waals surface area (Å²) in [5.74, 6) is 2.54. The molecule has 140 valence electrons. The Morgan fingerprint density at radius 1 is 1.38 bits per heavy atom. The first-order valence-electron chi connectivity index (χ1n) is 10.0. The number of carbonyl (C=O) groups excluding carboxylic acids is 1. The number of likely N-dealkylation sites (tertiary alicyclic amines) is 1. The zero-order valence-corrected chi connectivity index (χ0v) is 16.2. The van der Waals surface area contributed by atoms with Crippen LogP contribution in [0, 0.1) is 22.7 Å². The zero-order chi connectivity index (χ0) is 18.3. The summed E-state index contributed by atoms with van der Waals surface area (Å²) in [6.07, 6.45) is 12.8. The second-order valence-electron chi connectivity index (χ2n) is 9.01. The van der Waals surface area contributed by atoms with Gasteiger partial charge in [-0.2, -0.15) is 0 Å². The van der Waals surface area contributed by atoms with E-state index in [1.165, 1.54) is 0 Å². The number of methoxy groups -OCH3 is 1. The third-order valence-electron chi connectivity index (χ3n) is 8.34. The number of nitrogens with zero attached hydrogens (tertiary/aromatic N) is 1. The number of carbonyl (C=O) groups is 1. The average Bonchev–Trinajstić information content (AvgIpc) is 2.91. The van der Waals surface area contributed by atoms with Crippen molar-refractivity contribution in [1.82, 2.24) is 4.90 Å². The standard InChI is InChI=1S/C22H29NO3/c1-5-9-21-10-8-17(24)20(2)22(21)11-12-23(3)16(21)13-14-6-7-15(25-4)19(26-20)18(14)22/h6-8,10,14,16,18H,5,9,11-13H2,1-4H3/t14?,16-,18?,20+,21?,22+/m1/s1. The SMILES string of the molecule is CCCC12C=CC(=O)[C@]3(C)OC4=C(OC)C=CC5C[C@H]1N(C)CC[C@@]23C45. The van der Waals surface area contributed by atoms with Crippen molar-refractivity contribution in [2.45, 2.75) is 51.2 Å². The lowest BCUT2D eigenvalue weighted by molar-refractivity contribution is -0.197. The fourth-order valence-electron chi connectivity index (χ4n) is 7.45. The molecule has 2 heterocycles. The molecule has 0 aromatic rings. The molecule has 3 unspecified atom stereocenters. The summed E-state index contributed by atoms with van der Waals surface area (Å²) in [7, 11) is 3.97. The maximum absolute atomic E-state index is 13.2. The minimum Gasteiger partial charge on any atom is -0.493 e. The molecule has 1 spiro atoms. The van der Waals surface area contributed by atoms with Crippen LogP contribution in [0.15, 0.2) is 35.8 Å². The smallest absolute Gasteiger partial charge is 0.199 e. The van der Waals surface area contributed by atoms with Crippen molar-refractivity contribution in [2.24, 2.45) is 22.7 Å². The van der Waals surface area contributed by atoms with E-state index in [0.717, 1.165) is 43.7 Å². The van der Waals surface area contributed by atoms with Crippen LogP contribution in [-0.2, 0) is 14.3 Å². The van der Waals surface area contributed by atoms with E-state index in [1.807, 2.05) is 6.08 Å². The van der Waals surface area contributed by atoms with Gasteiger partial charge in [-0.1, -0.05) is 25.5 Å². The van der Waals surface area contributed by atoms with Gasteiger partial charge < -0.3 is 14.4 Å². The summed E-state index contributed by atoms with van der Waals surface area (Å²) in [5, 5.41) is 0. The molecule has 6 atom stereocenters. The summed E-state index contributed by atoms with van der Waals surface area (Å²) >= 11 is 0. The van der Waals surface area contributed by atoms with E-state index in [-0.39, 0.29) is 22.5 Å². The molecule has 0 radical (unpaired) electrons. The normalized spacial score (nSPS) is 48.5. The number of ether oxygens (including phenoxy) is 2. The van der Waals surface area contributed by atoms with Crippen molar-refractivity contribution >= 4 is 5.78 Å². The van der Waals surface area contributed by atoms with Crippen molar-refractivity contribution in [3.63, 3.8) is 0 Å². The van der Waals surface area contributed by atoms with Crippen molar-refractivity contribution in [2.75, 3.05) is 20.7 Å². The third kappa shape index (κ3) is 1.52. The van der Waals surface area contributed by atoms with Crippen LogP contribution in [-0.4, -0.2) is 43.0 Å². The lowest BCUT2D eigenvalue weighted by Gasteiger charge is -2.68. The average molecular weight is 355 g/mol. The monoisotopic (exact) mass is 355 g/mol. The minimum atomic E-state index is -0.787. The second-order valence-corrected chi connectivity index (χ2v) is 9.01. The largest absolute Gasteiger partial charge is 0.493 e. The number of ketones is 1. The van der Waals surface area contributed by atoms with Gasteiger partial charge in [0.15, 0.2) is 17.1 Å². The highest BCUT2D eigenvalue weighted by molar-refractivity contribution is 6.00. The topological polar surface area (TPSA) is 38.8 Å². The van der Waals surface area contributed by atoms with Gasteiger partial charge in [-0.25, -0.2) is 0 Å². The molecular weight excluding hydrogens is 326 g/mol. The number of hydrogen-bond donors (Lipinski definition) is 0. The van der Waals surface area contributed by atoms with Gasteiger partial charge in [-0.3, -0.25) is 4.79 Å². The lowest BCUT2D eigenvalue weighted by Crippen LogP contribution is -2.74. The maximum Gasteiger partial charge on any atom is 0.199 e. The molecule has 2 saturated heterocycles. The van der Waals surface area contributed by atoms with Crippen LogP contribution in [0.5, 0.6) is 0 Å². The Balaban J connectivity index is 1.84. The Labute approximate surface area is 155 Å². The fraction of sp³-hybridized carbons (Fsp3) is 0.682. The highest BCUT2D eigenvalue weighted by atomic mass is 16.5. The van der Waals surface area contributed by atoms with Crippen LogP contribution in [0.4, 0.5) is 0 Å². The van der Waals surface area contributed by atoms with Gasteiger partial charge in [0.25, 0.3) is 0 Å². The van der Waals surface area contributed by atoms with E-state index in [4.69, 9.17) is 9.47 Å². The first-order valence-corrected chi connectivity index (χ1v) is 10.0. The number of rotatable bonds is 3. The molecule has 3 aliphatic carbocycles. The first kappa shape index (κ1) is 16.6. The van der Waals surface area contributed by atoms with Gasteiger partial charge in [0.1, 0.15) is 5.76 Å². The number of hydrogen-bond acceptors (Lipinski definition) is 4. The molecular formula is C22H29NO3. The van der Waals surface area contributed by atoms with Gasteiger partial charge >= 0.3 is 0 Å². The van der Waals surface area contributed by atoms with Crippen LogP contribution >= 0.6 is 0 Å². The van der Waals surface area contributed by atoms with Gasteiger partial charge in [-0.15, -0.1) is 0 Å². The number of piperidine rings is 1. The molecule has 0 aromatic heterocycles. The molecule has 0 N–H and O–H groups in total. The van der Waals surface area contributed by atoms with Gasteiger partial charge in [0.2, 0.25) is 0 Å². The summed E-state index contributed by atoms with van der Waals surface area (Å²) in [5.41, 5.74) is -0.971. The molecule has 4 heteroatoms. The van der Waals surface area contributed by atoms with Gasteiger partial charge in [0.05, 0.1) is 7.11 Å². The van der Waals surface area contributed by atoms with Gasteiger partial charge in [-0.05, 0) is 57.8 Å². The maximum atomic E-state index is 13.2. The van der Waals surface area contributed by atoms with Crippen LogP contribution in [0.3, 0.4) is 0 Å². The fourth-order valence-corrected chi connectivity index (χ4v) is 7.45. The summed E-state index contributed by atoms with van der Waals surface area (Å²) in [6, 6.07) is 0.456. The molecule has 3 fully saturated rings. The summed E-state index contributed by atoms with van der Waals surface area (Å²) < 4.78 is 12.3. The molecule has 5 rings (SSSR count). The Morgan fingerprint density at radius 2 is 2.19 bits per heavy atom. The van der Waals surface area contributed by atoms with E-state index < -0.39 is 5.60 Å². The van der Waals surface area contributed by atoms with E-state index in [9.17, 15) is 4.79 Å². The molecule has 2 bridgehead atoms. The molecule has 0 aromatic carbocycles. The van der Waals surface area contributed by atoms with E-state index in [1.54, 1.807) is 7.11 Å². The van der Waals surface area contributed by atoms with Crippen LogP contribution in [0.2, 0.25) is 0 Å². The van der Waals surface area contributed by atoms with E-state index >= 15 is 0 Å². The van der Waals surface area contributed by atoms with Gasteiger partial charge in [0, 0.05) is 22.8 Å². The van der Waals surface area contributed by atoms with Crippen LogP contribution in [0.1, 0.15) is 39.5 Å².